The van der Waals surface area contributed by atoms with Crippen LogP contribution >= 0.6 is 0 Å². The Morgan fingerprint density at radius 1 is 2.00 bits per heavy atom. The maximum Gasteiger partial charge on any atom is 0.0734 e. The van der Waals surface area contributed by atoms with Crippen molar-refractivity contribution in [2.24, 2.45) is 5.16 Å². The largest absolute Gasteiger partial charge is 0.411 e. The van der Waals surface area contributed by atoms with Crippen molar-refractivity contribution in [3.05, 3.63) is 0 Å². The van der Waals surface area contributed by atoms with E-state index in [9.17, 15) is 0 Å². The maximum atomic E-state index is 7.84. The van der Waals surface area contributed by atoms with Crippen molar-refractivity contribution < 1.29 is 5.21 Å². The second kappa shape index (κ2) is 2.76. The summed E-state index contributed by atoms with van der Waals surface area (Å²) in [6.07, 6.45) is 0.330. The summed E-state index contributed by atoms with van der Waals surface area (Å²) in [5, 5.41) is 10.6. The van der Waals surface area contributed by atoms with E-state index in [1.807, 2.05) is 0 Å². The first-order valence-electron chi connectivity index (χ1n) is 1.69. The van der Waals surface area contributed by atoms with Gasteiger partial charge in [-0.1, -0.05) is 5.16 Å². The Morgan fingerprint density at radius 3 is 2.50 bits per heavy atom. The van der Waals surface area contributed by atoms with E-state index < -0.39 is 0 Å². The van der Waals surface area contributed by atoms with Gasteiger partial charge in [0, 0.05) is 5.71 Å². The molecule has 0 atom stereocenters. The highest BCUT2D eigenvalue weighted by Gasteiger charge is 1.77. The summed E-state index contributed by atoms with van der Waals surface area (Å²) in [6.45, 7) is 1.65. The second-order valence-electron chi connectivity index (χ2n) is 1.04. The average Bonchev–Trinajstić information content (AvgIpc) is 1.65. The van der Waals surface area contributed by atoms with Crippen LogP contribution in [0, 0.1) is 0 Å². The summed E-state index contributed by atoms with van der Waals surface area (Å²) in [5.74, 6) is 0. The molecule has 0 saturated carbocycles. The zero-order valence-electron chi connectivity index (χ0n) is 3.68. The van der Waals surface area contributed by atoms with Crippen molar-refractivity contribution >= 4 is 13.6 Å². The minimum atomic E-state index is 0.330. The van der Waals surface area contributed by atoms with Crippen LogP contribution in [0.25, 0.3) is 0 Å². The molecule has 0 aliphatic heterocycles. The molecule has 0 bridgehead atoms. The van der Waals surface area contributed by atoms with Crippen LogP contribution < -0.4 is 0 Å². The van der Waals surface area contributed by atoms with Crippen LogP contribution in [0.3, 0.4) is 0 Å². The smallest absolute Gasteiger partial charge is 0.0734 e. The van der Waals surface area contributed by atoms with Gasteiger partial charge in [0.1, 0.15) is 0 Å². The van der Waals surface area contributed by atoms with Crippen molar-refractivity contribution in [2.45, 2.75) is 13.2 Å². The van der Waals surface area contributed by atoms with Gasteiger partial charge in [-0.05, 0) is 13.2 Å². The summed E-state index contributed by atoms with van der Waals surface area (Å²) in [7, 11) is 4.99. The van der Waals surface area contributed by atoms with Crippen molar-refractivity contribution in [1.82, 2.24) is 0 Å². The summed E-state index contributed by atoms with van der Waals surface area (Å²) >= 11 is 0. The third-order valence-corrected chi connectivity index (χ3v) is 0.466. The molecule has 0 aromatic rings. The second-order valence-corrected chi connectivity index (χ2v) is 1.04. The number of nitrogens with zero attached hydrogens (tertiary/aromatic N) is 1. The molecule has 1 N–H and O–H groups in total. The Morgan fingerprint density at radius 2 is 2.50 bits per heavy atom. The van der Waals surface area contributed by atoms with Crippen molar-refractivity contribution in [3.8, 4) is 0 Å². The highest BCUT2D eigenvalue weighted by molar-refractivity contribution is 6.20. The Bertz CT molecular complexity index is 61.8. The first kappa shape index (κ1) is 5.53. The Labute approximate surface area is 38.3 Å². The van der Waals surface area contributed by atoms with Crippen LogP contribution in [0.15, 0.2) is 5.16 Å². The molecule has 3 heteroatoms. The van der Waals surface area contributed by atoms with Gasteiger partial charge in [-0.15, -0.1) is 0 Å². The molecule has 2 radical (unpaired) electrons. The fourth-order valence-electron chi connectivity index (χ4n) is 0.0408. The van der Waals surface area contributed by atoms with E-state index >= 15 is 0 Å². The van der Waals surface area contributed by atoms with E-state index in [1.165, 1.54) is 0 Å². The topological polar surface area (TPSA) is 32.6 Å². The Kier molecular flexibility index (Phi) is 2.54. The third-order valence-electron chi connectivity index (χ3n) is 0.466. The van der Waals surface area contributed by atoms with Gasteiger partial charge < -0.3 is 5.21 Å². The summed E-state index contributed by atoms with van der Waals surface area (Å²) in [6, 6.07) is 0. The molecule has 0 rings (SSSR count). The quantitative estimate of drug-likeness (QED) is 0.212. The van der Waals surface area contributed by atoms with E-state index in [4.69, 9.17) is 13.1 Å². The van der Waals surface area contributed by atoms with Crippen molar-refractivity contribution in [1.29, 1.82) is 0 Å². The minimum absolute atomic E-state index is 0.330. The van der Waals surface area contributed by atoms with E-state index in [0.717, 1.165) is 0 Å². The van der Waals surface area contributed by atoms with E-state index in [0.29, 0.717) is 12.0 Å². The van der Waals surface area contributed by atoms with Gasteiger partial charge in [0.25, 0.3) is 0 Å². The maximum absolute atomic E-state index is 7.84. The standard InChI is InChI=1S/C3H6BNO/c1-3(2-4)5-6/h6H,2H2,1H3. The summed E-state index contributed by atoms with van der Waals surface area (Å²) < 4.78 is 0. The predicted molar refractivity (Wildman–Crippen MR) is 25.5 cm³/mol. The van der Waals surface area contributed by atoms with E-state index in [2.05, 4.69) is 5.16 Å². The fraction of sp³-hybridized carbons (Fsp3) is 0.667. The SMILES string of the molecule is [B]CC(C)=NO. The highest BCUT2D eigenvalue weighted by atomic mass is 16.4. The minimum Gasteiger partial charge on any atom is -0.411 e. The molecule has 6 heavy (non-hydrogen) atoms. The number of oxime groups is 1. The van der Waals surface area contributed by atoms with Crippen LogP contribution in [0.5, 0.6) is 0 Å². The summed E-state index contributed by atoms with van der Waals surface area (Å²) in [4.78, 5) is 0. The average molecular weight is 82.9 g/mol. The Balaban J connectivity index is 3.22. The van der Waals surface area contributed by atoms with Crippen molar-refractivity contribution in [2.75, 3.05) is 0 Å². The molecule has 0 fully saturated rings. The summed E-state index contributed by atoms with van der Waals surface area (Å²) in [5.41, 5.74) is 0.551. The van der Waals surface area contributed by atoms with Gasteiger partial charge in [0.15, 0.2) is 0 Å². The van der Waals surface area contributed by atoms with Crippen LogP contribution in [0.2, 0.25) is 6.32 Å². The lowest BCUT2D eigenvalue weighted by molar-refractivity contribution is 0.318. The molecule has 0 aromatic heterocycles. The number of hydrogen-bond acceptors (Lipinski definition) is 2. The zero-order chi connectivity index (χ0) is 4.99. The molecule has 0 unspecified atom stereocenters. The van der Waals surface area contributed by atoms with Gasteiger partial charge in [0.2, 0.25) is 0 Å². The van der Waals surface area contributed by atoms with Crippen LogP contribution in [0.1, 0.15) is 6.92 Å². The monoisotopic (exact) mass is 83.1 g/mol. The molecular formula is C3H6BNO. The molecular weight excluding hydrogens is 76.9 g/mol. The first-order chi connectivity index (χ1) is 2.81. The molecule has 32 valence electrons. The van der Waals surface area contributed by atoms with E-state index in [-0.39, 0.29) is 0 Å². The third kappa shape index (κ3) is 1.82. The van der Waals surface area contributed by atoms with Crippen LogP contribution in [-0.4, -0.2) is 18.8 Å². The van der Waals surface area contributed by atoms with Gasteiger partial charge in [-0.3, -0.25) is 0 Å². The highest BCUT2D eigenvalue weighted by Crippen LogP contribution is 1.75. The van der Waals surface area contributed by atoms with E-state index in [1.54, 1.807) is 6.92 Å². The molecule has 0 heterocycles. The fourth-order valence-corrected chi connectivity index (χ4v) is 0.0408. The van der Waals surface area contributed by atoms with Crippen molar-refractivity contribution in [3.63, 3.8) is 0 Å². The van der Waals surface area contributed by atoms with Gasteiger partial charge in [0.05, 0.1) is 7.85 Å². The van der Waals surface area contributed by atoms with Gasteiger partial charge in [-0.2, -0.15) is 0 Å². The number of hydrogen-bond donors (Lipinski definition) is 1. The lowest BCUT2D eigenvalue weighted by Crippen LogP contribution is -1.85. The molecule has 0 aliphatic rings. The van der Waals surface area contributed by atoms with Gasteiger partial charge >= 0.3 is 0 Å². The number of rotatable bonds is 1. The molecule has 0 aliphatic carbocycles. The Hall–Kier alpha value is -0.465. The van der Waals surface area contributed by atoms with Gasteiger partial charge in [-0.25, -0.2) is 0 Å². The molecule has 0 aromatic carbocycles. The zero-order valence-corrected chi connectivity index (χ0v) is 3.68. The molecule has 0 saturated heterocycles. The van der Waals surface area contributed by atoms with Crippen LogP contribution in [-0.2, 0) is 0 Å². The predicted octanol–water partition coefficient (Wildman–Crippen LogP) is 0.423. The first-order valence-corrected chi connectivity index (χ1v) is 1.69. The van der Waals surface area contributed by atoms with Crippen LogP contribution in [0.4, 0.5) is 0 Å². The lowest BCUT2D eigenvalue weighted by Gasteiger charge is -1.82. The normalized spacial score (nSPS) is 11.8. The molecule has 0 spiro atoms. The molecule has 2 nitrogen and oxygen atoms in total. The lowest BCUT2D eigenvalue weighted by atomic mass is 10.0. The molecule has 0 amide bonds.